The molecule has 3 nitrogen and oxygen atoms in total. The Balaban J connectivity index is 1.93. The van der Waals surface area contributed by atoms with Gasteiger partial charge in [0.1, 0.15) is 5.82 Å². The molecule has 0 atom stereocenters. The van der Waals surface area contributed by atoms with Crippen LogP contribution in [0.1, 0.15) is 19.2 Å². The average Bonchev–Trinajstić information content (AvgIpc) is 2.56. The van der Waals surface area contributed by atoms with Crippen LogP contribution in [-0.4, -0.2) is 15.0 Å². The molecule has 1 aromatic heterocycles. The number of rotatable bonds is 4. The zero-order valence-corrected chi connectivity index (χ0v) is 13.1. The highest BCUT2D eigenvalue weighted by molar-refractivity contribution is 6.28. The fourth-order valence-corrected chi connectivity index (χ4v) is 2.48. The highest BCUT2D eigenvalue weighted by Gasteiger charge is 2.07. The van der Waals surface area contributed by atoms with E-state index in [1.54, 1.807) is 0 Å². The molecule has 0 amide bonds. The summed E-state index contributed by atoms with van der Waals surface area (Å²) in [6, 6.07) is 18.4. The first kappa shape index (κ1) is 14.7. The Morgan fingerprint density at radius 3 is 2.09 bits per heavy atom. The molecule has 1 heterocycles. The van der Waals surface area contributed by atoms with Crippen LogP contribution in [0, 0.1) is 0 Å². The summed E-state index contributed by atoms with van der Waals surface area (Å²) in [5.41, 5.74) is 3.30. The molecule has 0 saturated carbocycles. The fourth-order valence-electron chi connectivity index (χ4n) is 2.30. The molecule has 2 aromatic carbocycles. The summed E-state index contributed by atoms with van der Waals surface area (Å²) in [7, 11) is 0. The minimum absolute atomic E-state index is 0.251. The predicted octanol–water partition coefficient (Wildman–Crippen LogP) is 4.81. The van der Waals surface area contributed by atoms with Crippen molar-refractivity contribution in [1.29, 1.82) is 0 Å². The molecule has 0 saturated heterocycles. The third-order valence-corrected chi connectivity index (χ3v) is 3.55. The lowest BCUT2D eigenvalue weighted by molar-refractivity contribution is 0.820. The van der Waals surface area contributed by atoms with E-state index in [9.17, 15) is 0 Å². The summed E-state index contributed by atoms with van der Waals surface area (Å²) in [4.78, 5) is 12.9. The molecule has 22 heavy (non-hydrogen) atoms. The van der Waals surface area contributed by atoms with Crippen LogP contribution >= 0.6 is 11.6 Å². The van der Waals surface area contributed by atoms with E-state index in [0.717, 1.165) is 24.2 Å². The van der Waals surface area contributed by atoms with Gasteiger partial charge >= 0.3 is 0 Å². The Bertz CT molecular complexity index is 755. The van der Waals surface area contributed by atoms with Crippen molar-refractivity contribution in [3.8, 4) is 22.5 Å². The number of hydrogen-bond acceptors (Lipinski definition) is 3. The summed E-state index contributed by atoms with van der Waals surface area (Å²) in [5.74, 6) is 1.37. The van der Waals surface area contributed by atoms with E-state index >= 15 is 0 Å². The van der Waals surface area contributed by atoms with Gasteiger partial charge in [0.05, 0.1) is 0 Å². The van der Waals surface area contributed by atoms with E-state index in [1.165, 1.54) is 11.1 Å². The third-order valence-electron chi connectivity index (χ3n) is 3.38. The summed E-state index contributed by atoms with van der Waals surface area (Å²) in [6.07, 6.45) is 1.78. The van der Waals surface area contributed by atoms with Crippen LogP contribution in [0.2, 0.25) is 5.28 Å². The van der Waals surface area contributed by atoms with Crippen LogP contribution in [0.3, 0.4) is 0 Å². The maximum Gasteiger partial charge on any atom is 0.226 e. The molecule has 0 unspecified atom stereocenters. The molecule has 0 bridgehead atoms. The molecule has 0 aliphatic heterocycles. The minimum Gasteiger partial charge on any atom is -0.213 e. The summed E-state index contributed by atoms with van der Waals surface area (Å²) >= 11 is 6.00. The average molecular weight is 310 g/mol. The largest absolute Gasteiger partial charge is 0.226 e. The van der Waals surface area contributed by atoms with Crippen molar-refractivity contribution in [1.82, 2.24) is 15.0 Å². The van der Waals surface area contributed by atoms with Crippen LogP contribution in [-0.2, 0) is 6.42 Å². The molecule has 4 heteroatoms. The first-order chi connectivity index (χ1) is 10.8. The van der Waals surface area contributed by atoms with Gasteiger partial charge in [-0.2, -0.15) is 4.98 Å². The van der Waals surface area contributed by atoms with Crippen LogP contribution in [0.25, 0.3) is 22.5 Å². The maximum atomic E-state index is 6.00. The van der Waals surface area contributed by atoms with Crippen molar-refractivity contribution >= 4 is 11.6 Å². The van der Waals surface area contributed by atoms with Crippen molar-refractivity contribution in [3.05, 3.63) is 65.7 Å². The summed E-state index contributed by atoms with van der Waals surface area (Å²) in [5, 5.41) is 0.251. The molecule has 0 aliphatic rings. The lowest BCUT2D eigenvalue weighted by Crippen LogP contribution is -2.00. The third kappa shape index (κ3) is 3.31. The van der Waals surface area contributed by atoms with E-state index < -0.39 is 0 Å². The number of hydrogen-bond donors (Lipinski definition) is 0. The van der Waals surface area contributed by atoms with E-state index in [2.05, 4.69) is 46.1 Å². The summed E-state index contributed by atoms with van der Waals surface area (Å²) < 4.78 is 0. The Kier molecular flexibility index (Phi) is 4.45. The van der Waals surface area contributed by atoms with Gasteiger partial charge in [-0.25, -0.2) is 9.97 Å². The first-order valence-electron chi connectivity index (χ1n) is 7.32. The Labute approximate surface area is 135 Å². The molecule has 0 radical (unpaired) electrons. The van der Waals surface area contributed by atoms with Gasteiger partial charge < -0.3 is 0 Å². The molecular weight excluding hydrogens is 294 g/mol. The van der Waals surface area contributed by atoms with Gasteiger partial charge in [0.15, 0.2) is 5.82 Å². The number of benzene rings is 2. The second kappa shape index (κ2) is 6.67. The van der Waals surface area contributed by atoms with Crippen LogP contribution in [0.4, 0.5) is 0 Å². The molecular formula is C18H16ClN3. The van der Waals surface area contributed by atoms with E-state index in [1.807, 2.05) is 30.3 Å². The zero-order valence-electron chi connectivity index (χ0n) is 12.3. The second-order valence-electron chi connectivity index (χ2n) is 5.04. The Hall–Kier alpha value is -2.26. The Morgan fingerprint density at radius 2 is 1.41 bits per heavy atom. The zero-order chi connectivity index (χ0) is 15.4. The van der Waals surface area contributed by atoms with Gasteiger partial charge in [0.25, 0.3) is 0 Å². The van der Waals surface area contributed by atoms with E-state index in [0.29, 0.717) is 5.82 Å². The van der Waals surface area contributed by atoms with E-state index in [-0.39, 0.29) is 5.28 Å². The molecule has 3 aromatic rings. The normalized spacial score (nSPS) is 10.6. The van der Waals surface area contributed by atoms with Gasteiger partial charge in [0, 0.05) is 12.0 Å². The molecule has 0 N–H and O–H groups in total. The van der Waals surface area contributed by atoms with E-state index in [4.69, 9.17) is 11.6 Å². The summed E-state index contributed by atoms with van der Waals surface area (Å²) in [6.45, 7) is 2.09. The fraction of sp³-hybridized carbons (Fsp3) is 0.167. The van der Waals surface area contributed by atoms with Gasteiger partial charge in [-0.15, -0.1) is 0 Å². The molecule has 3 rings (SSSR count). The first-order valence-corrected chi connectivity index (χ1v) is 7.70. The lowest BCUT2D eigenvalue weighted by Gasteiger charge is -2.05. The highest BCUT2D eigenvalue weighted by Crippen LogP contribution is 2.23. The molecule has 0 fully saturated rings. The monoisotopic (exact) mass is 309 g/mol. The minimum atomic E-state index is 0.251. The van der Waals surface area contributed by atoms with Crippen LogP contribution in [0.5, 0.6) is 0 Å². The quantitative estimate of drug-likeness (QED) is 0.694. The standard InChI is InChI=1S/C18H16ClN3/c1-2-6-16-20-17(22-18(19)21-16)15-11-9-14(10-12-15)13-7-4-3-5-8-13/h3-5,7-12H,2,6H2,1H3. The van der Waals surface area contributed by atoms with Gasteiger partial charge in [-0.05, 0) is 29.1 Å². The van der Waals surface area contributed by atoms with Gasteiger partial charge in [-0.1, -0.05) is 61.5 Å². The number of halogens is 1. The maximum absolute atomic E-state index is 6.00. The molecule has 110 valence electrons. The van der Waals surface area contributed by atoms with Gasteiger partial charge in [0.2, 0.25) is 5.28 Å². The highest BCUT2D eigenvalue weighted by atomic mass is 35.5. The molecule has 0 aliphatic carbocycles. The van der Waals surface area contributed by atoms with Crippen molar-refractivity contribution < 1.29 is 0 Å². The van der Waals surface area contributed by atoms with Crippen LogP contribution < -0.4 is 0 Å². The van der Waals surface area contributed by atoms with Crippen molar-refractivity contribution in [2.24, 2.45) is 0 Å². The number of aromatic nitrogens is 3. The predicted molar refractivity (Wildman–Crippen MR) is 89.7 cm³/mol. The SMILES string of the molecule is CCCc1nc(Cl)nc(-c2ccc(-c3ccccc3)cc2)n1. The Morgan fingerprint density at radius 1 is 0.773 bits per heavy atom. The van der Waals surface area contributed by atoms with Gasteiger partial charge in [-0.3, -0.25) is 0 Å². The number of aryl methyl sites for hydroxylation is 1. The lowest BCUT2D eigenvalue weighted by atomic mass is 10.0. The number of nitrogens with zero attached hydrogens (tertiary/aromatic N) is 3. The second-order valence-corrected chi connectivity index (χ2v) is 5.38. The molecule has 0 spiro atoms. The topological polar surface area (TPSA) is 38.7 Å². The van der Waals surface area contributed by atoms with Crippen LogP contribution in [0.15, 0.2) is 54.6 Å². The van der Waals surface area contributed by atoms with Crippen molar-refractivity contribution in [3.63, 3.8) is 0 Å². The van der Waals surface area contributed by atoms with Crippen molar-refractivity contribution in [2.45, 2.75) is 19.8 Å². The smallest absolute Gasteiger partial charge is 0.213 e. The van der Waals surface area contributed by atoms with Crippen molar-refractivity contribution in [2.75, 3.05) is 0 Å².